The molecule has 10 heteroatoms. The normalized spacial score (nSPS) is 22.1. The van der Waals surface area contributed by atoms with Gasteiger partial charge >= 0.3 is 5.69 Å². The van der Waals surface area contributed by atoms with Gasteiger partial charge in [0.25, 0.3) is 5.56 Å². The second-order valence-electron chi connectivity index (χ2n) is 10.4. The van der Waals surface area contributed by atoms with Crippen LogP contribution in [0.15, 0.2) is 9.59 Å². The number of carbonyl (C=O) groups excluding carboxylic acids is 2. The van der Waals surface area contributed by atoms with Crippen LogP contribution in [0.2, 0.25) is 0 Å². The number of amidine groups is 1. The quantitative estimate of drug-likeness (QED) is 0.344. The number of imide groups is 1. The number of likely N-dealkylation sites (tertiary alicyclic amines) is 1. The molecular weight excluding hydrogens is 426 g/mol. The predicted molar refractivity (Wildman–Crippen MR) is 121 cm³/mol. The first-order valence-corrected chi connectivity index (χ1v) is 11.8. The summed E-state index contributed by atoms with van der Waals surface area (Å²) < 4.78 is 2.33. The van der Waals surface area contributed by atoms with E-state index in [2.05, 4.69) is 0 Å². The van der Waals surface area contributed by atoms with Gasteiger partial charge in [-0.3, -0.25) is 33.8 Å². The summed E-state index contributed by atoms with van der Waals surface area (Å²) in [5.74, 6) is -1.32. The number of hydrogen-bond donors (Lipinski definition) is 3. The molecule has 4 rings (SSSR count). The third kappa shape index (κ3) is 3.79. The minimum absolute atomic E-state index is 0.0398. The van der Waals surface area contributed by atoms with E-state index in [4.69, 9.17) is 11.1 Å². The number of aromatic nitrogens is 2. The number of hydrogen-bond acceptors (Lipinski definition) is 6. The van der Waals surface area contributed by atoms with Crippen LogP contribution in [0.1, 0.15) is 82.7 Å². The molecule has 0 unspecified atom stereocenters. The van der Waals surface area contributed by atoms with Crippen molar-refractivity contribution in [2.75, 3.05) is 7.05 Å². The average molecular weight is 460 g/mol. The molecule has 10 nitrogen and oxygen atoms in total. The van der Waals surface area contributed by atoms with Crippen molar-refractivity contribution in [2.45, 2.75) is 83.7 Å². The van der Waals surface area contributed by atoms with E-state index in [1.54, 1.807) is 0 Å². The zero-order valence-electron chi connectivity index (χ0n) is 19.4. The lowest BCUT2D eigenvalue weighted by molar-refractivity contribution is -0.165. The van der Waals surface area contributed by atoms with E-state index in [0.717, 1.165) is 36.7 Å². The Morgan fingerprint density at radius 2 is 1.67 bits per heavy atom. The highest BCUT2D eigenvalue weighted by Crippen LogP contribution is 2.65. The highest BCUT2D eigenvalue weighted by Gasteiger charge is 2.58. The summed E-state index contributed by atoms with van der Waals surface area (Å²) in [4.78, 5) is 51.8. The second kappa shape index (κ2) is 8.14. The Hall–Kier alpha value is -2.91. The highest BCUT2D eigenvalue weighted by molar-refractivity contribution is 5.98. The molecule has 0 atom stereocenters. The zero-order valence-corrected chi connectivity index (χ0v) is 19.4. The van der Waals surface area contributed by atoms with Crippen LogP contribution in [0, 0.1) is 16.2 Å². The van der Waals surface area contributed by atoms with Gasteiger partial charge in [-0.2, -0.15) is 0 Å². The molecule has 1 aromatic rings. The van der Waals surface area contributed by atoms with E-state index < -0.39 is 23.0 Å². The third-order valence-corrected chi connectivity index (χ3v) is 8.04. The van der Waals surface area contributed by atoms with Gasteiger partial charge in [0, 0.05) is 32.5 Å². The first-order chi connectivity index (χ1) is 15.5. The molecule has 1 aromatic heterocycles. The topological polar surface area (TPSA) is 151 Å². The Kier molecular flexibility index (Phi) is 5.74. The summed E-state index contributed by atoms with van der Waals surface area (Å²) in [5.41, 5.74) is 3.79. The first kappa shape index (κ1) is 23.3. The Balaban J connectivity index is 1.55. The number of nitrogens with one attached hydrogen (secondary N) is 1. The standard InChI is InChI=1S/C23H33N5O5/c1-3-4-9-27-19(31)17(18(24)25)20(32)28(21(27)33)14-5-7-22(8-6-14)12-23(13-22)10-15(29)26(2)16(30)11-23/h14,31H,3-13H2,1-2H3,(H3,24,25). The SMILES string of the molecule is CCCCn1c(O)c(C(=N)N)c(=O)n(C2CCC3(CC2)CC2(CC(=O)N(C)C(=O)C2)C3)c1=O. The van der Waals surface area contributed by atoms with Crippen molar-refractivity contribution in [2.24, 2.45) is 16.6 Å². The van der Waals surface area contributed by atoms with Crippen molar-refractivity contribution in [1.29, 1.82) is 5.41 Å². The molecule has 1 saturated heterocycles. The summed E-state index contributed by atoms with van der Waals surface area (Å²) >= 11 is 0. The number of rotatable bonds is 5. The van der Waals surface area contributed by atoms with Crippen LogP contribution in [0.5, 0.6) is 5.88 Å². The van der Waals surface area contributed by atoms with E-state index >= 15 is 0 Å². The Morgan fingerprint density at radius 3 is 2.18 bits per heavy atom. The maximum atomic E-state index is 13.2. The van der Waals surface area contributed by atoms with Gasteiger partial charge in [0.05, 0.1) is 0 Å². The lowest BCUT2D eigenvalue weighted by Gasteiger charge is -2.60. The van der Waals surface area contributed by atoms with Gasteiger partial charge < -0.3 is 10.8 Å². The highest BCUT2D eigenvalue weighted by atomic mass is 16.3. The van der Waals surface area contributed by atoms with Crippen LogP contribution in [0.4, 0.5) is 0 Å². The molecular formula is C23H33N5O5. The molecule has 0 bridgehead atoms. The van der Waals surface area contributed by atoms with Crippen LogP contribution in [0.3, 0.4) is 0 Å². The van der Waals surface area contributed by atoms with Crippen molar-refractivity contribution in [3.63, 3.8) is 0 Å². The maximum Gasteiger partial charge on any atom is 0.334 e. The van der Waals surface area contributed by atoms with E-state index in [0.29, 0.717) is 32.1 Å². The number of nitrogen functional groups attached to an aromatic ring is 1. The number of unbranched alkanes of at least 4 members (excludes halogenated alkanes) is 1. The number of nitrogens with two attached hydrogens (primary N) is 1. The van der Waals surface area contributed by atoms with E-state index in [1.807, 2.05) is 6.92 Å². The van der Waals surface area contributed by atoms with Crippen molar-refractivity contribution in [3.8, 4) is 5.88 Å². The molecule has 3 fully saturated rings. The molecule has 33 heavy (non-hydrogen) atoms. The van der Waals surface area contributed by atoms with Crippen molar-refractivity contribution < 1.29 is 14.7 Å². The van der Waals surface area contributed by atoms with Crippen LogP contribution in [0.25, 0.3) is 0 Å². The van der Waals surface area contributed by atoms with E-state index in [-0.39, 0.29) is 40.8 Å². The molecule has 2 saturated carbocycles. The van der Waals surface area contributed by atoms with Gasteiger partial charge in [-0.05, 0) is 55.8 Å². The molecule has 180 valence electrons. The van der Waals surface area contributed by atoms with Gasteiger partial charge in [-0.25, -0.2) is 4.79 Å². The minimum Gasteiger partial charge on any atom is -0.494 e. The van der Waals surface area contributed by atoms with Crippen LogP contribution in [-0.2, 0) is 16.1 Å². The fourth-order valence-electron chi connectivity index (χ4n) is 6.43. The lowest BCUT2D eigenvalue weighted by atomic mass is 9.45. The molecule has 0 radical (unpaired) electrons. The van der Waals surface area contributed by atoms with E-state index in [1.165, 1.54) is 16.5 Å². The number of amides is 2. The van der Waals surface area contributed by atoms with Gasteiger partial charge in [0.1, 0.15) is 11.4 Å². The summed E-state index contributed by atoms with van der Waals surface area (Å²) in [6.45, 7) is 2.21. The fraction of sp³-hybridized carbons (Fsp3) is 0.696. The Bertz CT molecular complexity index is 1100. The Labute approximate surface area is 191 Å². The lowest BCUT2D eigenvalue weighted by Crippen LogP contribution is -2.56. The monoisotopic (exact) mass is 459 g/mol. The van der Waals surface area contributed by atoms with Gasteiger partial charge in [-0.15, -0.1) is 0 Å². The van der Waals surface area contributed by atoms with E-state index in [9.17, 15) is 24.3 Å². The van der Waals surface area contributed by atoms with Gasteiger partial charge in [0.15, 0.2) is 0 Å². The molecule has 3 aliphatic rings. The van der Waals surface area contributed by atoms with Crippen molar-refractivity contribution in [3.05, 3.63) is 26.4 Å². The molecule has 4 N–H and O–H groups in total. The smallest absolute Gasteiger partial charge is 0.334 e. The minimum atomic E-state index is -0.713. The fourth-order valence-corrected chi connectivity index (χ4v) is 6.43. The largest absolute Gasteiger partial charge is 0.494 e. The molecule has 1 aliphatic heterocycles. The average Bonchev–Trinajstić information content (AvgIpc) is 2.72. The first-order valence-electron chi connectivity index (χ1n) is 11.8. The molecule has 0 aromatic carbocycles. The Morgan fingerprint density at radius 1 is 1.09 bits per heavy atom. The third-order valence-electron chi connectivity index (χ3n) is 8.04. The molecule has 2 aliphatic carbocycles. The summed E-state index contributed by atoms with van der Waals surface area (Å²) in [6, 6.07) is -0.334. The van der Waals surface area contributed by atoms with Gasteiger partial charge in [-0.1, -0.05) is 13.3 Å². The second-order valence-corrected chi connectivity index (χ2v) is 10.4. The van der Waals surface area contributed by atoms with Gasteiger partial charge in [0.2, 0.25) is 17.7 Å². The number of nitrogens with zero attached hydrogens (tertiary/aromatic N) is 3. The molecule has 2 spiro atoms. The van der Waals surface area contributed by atoms with Crippen LogP contribution < -0.4 is 17.0 Å². The number of aromatic hydroxyl groups is 1. The predicted octanol–water partition coefficient (Wildman–Crippen LogP) is 1.46. The van der Waals surface area contributed by atoms with Crippen molar-refractivity contribution in [1.82, 2.24) is 14.0 Å². The van der Waals surface area contributed by atoms with Crippen molar-refractivity contribution >= 4 is 17.6 Å². The molecule has 2 amide bonds. The summed E-state index contributed by atoms with van der Waals surface area (Å²) in [7, 11) is 1.54. The summed E-state index contributed by atoms with van der Waals surface area (Å²) in [6.07, 6.45) is 6.73. The van der Waals surface area contributed by atoms with Crippen LogP contribution in [-0.4, -0.2) is 43.8 Å². The summed E-state index contributed by atoms with van der Waals surface area (Å²) in [5, 5.41) is 18.2. The maximum absolute atomic E-state index is 13.2. The van der Waals surface area contributed by atoms with Crippen LogP contribution >= 0.6 is 0 Å². The zero-order chi connectivity index (χ0) is 24.1. The number of piperidine rings is 1. The molecule has 2 heterocycles. The number of carbonyl (C=O) groups is 2.